The van der Waals surface area contributed by atoms with Gasteiger partial charge in [-0.1, -0.05) is 19.8 Å². The second kappa shape index (κ2) is 7.03. The summed E-state index contributed by atoms with van der Waals surface area (Å²) in [6.07, 6.45) is 4.07. The van der Waals surface area contributed by atoms with Crippen molar-refractivity contribution < 1.29 is 5.11 Å². The van der Waals surface area contributed by atoms with Crippen molar-refractivity contribution in [1.82, 2.24) is 5.32 Å². The number of rotatable bonds is 6. The molecular weight excluding hydrogens is 126 g/mol. The minimum absolute atomic E-state index is 0.0904. The van der Waals surface area contributed by atoms with Gasteiger partial charge in [-0.15, -0.1) is 0 Å². The Labute approximate surface area is 63.6 Å². The molecule has 2 N–H and O–H groups in total. The highest BCUT2D eigenvalue weighted by molar-refractivity contribution is 4.56. The van der Waals surface area contributed by atoms with Gasteiger partial charge in [-0.3, -0.25) is 0 Å². The van der Waals surface area contributed by atoms with Crippen molar-refractivity contribution in [2.45, 2.75) is 38.7 Å². The fraction of sp³-hybridized carbons (Fsp3) is 1.00. The predicted molar refractivity (Wildman–Crippen MR) is 44.1 cm³/mol. The molecule has 0 fully saturated rings. The maximum Gasteiger partial charge on any atom is 0.0552 e. The van der Waals surface area contributed by atoms with E-state index in [1.165, 1.54) is 6.42 Å². The standard InChI is InChI=1S/C8H19NO/c1-3-4-5-8(10)6-7-9-2/h8-10H,3-7H2,1-2H3. The van der Waals surface area contributed by atoms with Crippen LogP contribution in [0.5, 0.6) is 0 Å². The minimum atomic E-state index is -0.0904. The highest BCUT2D eigenvalue weighted by Gasteiger charge is 2.00. The quantitative estimate of drug-likeness (QED) is 0.587. The van der Waals surface area contributed by atoms with Crippen LogP contribution in [-0.4, -0.2) is 24.8 Å². The summed E-state index contributed by atoms with van der Waals surface area (Å²) in [7, 11) is 1.91. The lowest BCUT2D eigenvalue weighted by Gasteiger charge is -2.08. The molecule has 0 amide bonds. The summed E-state index contributed by atoms with van der Waals surface area (Å²) in [5.74, 6) is 0. The van der Waals surface area contributed by atoms with Gasteiger partial charge >= 0.3 is 0 Å². The van der Waals surface area contributed by atoms with E-state index in [0.29, 0.717) is 0 Å². The first-order valence-corrected chi connectivity index (χ1v) is 4.14. The molecule has 0 aliphatic heterocycles. The van der Waals surface area contributed by atoms with Gasteiger partial charge < -0.3 is 10.4 Å². The average Bonchev–Trinajstić information content (AvgIpc) is 1.97. The van der Waals surface area contributed by atoms with Crippen LogP contribution in [0.4, 0.5) is 0 Å². The number of aliphatic hydroxyl groups excluding tert-OH is 1. The maximum atomic E-state index is 9.27. The van der Waals surface area contributed by atoms with Crippen LogP contribution >= 0.6 is 0 Å². The summed E-state index contributed by atoms with van der Waals surface area (Å²) in [4.78, 5) is 0. The smallest absolute Gasteiger partial charge is 0.0552 e. The Morgan fingerprint density at radius 3 is 2.60 bits per heavy atom. The zero-order valence-corrected chi connectivity index (χ0v) is 7.06. The molecule has 0 saturated carbocycles. The molecule has 2 heteroatoms. The molecule has 0 saturated heterocycles. The molecule has 1 atom stereocenters. The summed E-state index contributed by atoms with van der Waals surface area (Å²) in [5, 5.41) is 12.3. The van der Waals surface area contributed by atoms with E-state index >= 15 is 0 Å². The fourth-order valence-corrected chi connectivity index (χ4v) is 0.895. The largest absolute Gasteiger partial charge is 0.393 e. The zero-order valence-electron chi connectivity index (χ0n) is 7.06. The topological polar surface area (TPSA) is 32.3 Å². The van der Waals surface area contributed by atoms with Gasteiger partial charge in [0.1, 0.15) is 0 Å². The molecule has 0 aliphatic rings. The van der Waals surface area contributed by atoms with Crippen LogP contribution in [0.25, 0.3) is 0 Å². The molecule has 1 unspecified atom stereocenters. The van der Waals surface area contributed by atoms with Crippen molar-refractivity contribution >= 4 is 0 Å². The number of unbranched alkanes of at least 4 members (excludes halogenated alkanes) is 1. The van der Waals surface area contributed by atoms with Gasteiger partial charge in [0.15, 0.2) is 0 Å². The molecular formula is C8H19NO. The van der Waals surface area contributed by atoms with Crippen LogP contribution in [0.15, 0.2) is 0 Å². The SMILES string of the molecule is CCCCC(O)CCNC. The first-order chi connectivity index (χ1) is 4.81. The maximum absolute atomic E-state index is 9.27. The third-order valence-corrected chi connectivity index (χ3v) is 1.62. The second-order valence-electron chi connectivity index (χ2n) is 2.69. The van der Waals surface area contributed by atoms with Crippen LogP contribution < -0.4 is 5.32 Å². The monoisotopic (exact) mass is 145 g/mol. The Bertz CT molecular complexity index is 58.3. The Hall–Kier alpha value is -0.0800. The summed E-state index contributed by atoms with van der Waals surface area (Å²) < 4.78 is 0. The van der Waals surface area contributed by atoms with E-state index < -0.39 is 0 Å². The molecule has 0 aromatic rings. The number of hydrogen-bond donors (Lipinski definition) is 2. The lowest BCUT2D eigenvalue weighted by Crippen LogP contribution is -2.16. The third-order valence-electron chi connectivity index (χ3n) is 1.62. The van der Waals surface area contributed by atoms with E-state index in [2.05, 4.69) is 12.2 Å². The molecule has 0 spiro atoms. The highest BCUT2D eigenvalue weighted by Crippen LogP contribution is 2.02. The van der Waals surface area contributed by atoms with E-state index in [-0.39, 0.29) is 6.10 Å². The molecule has 0 heterocycles. The first kappa shape index (κ1) is 9.92. The number of nitrogens with one attached hydrogen (secondary N) is 1. The Morgan fingerprint density at radius 1 is 1.40 bits per heavy atom. The van der Waals surface area contributed by atoms with Gasteiger partial charge in [0, 0.05) is 0 Å². The third kappa shape index (κ3) is 6.05. The van der Waals surface area contributed by atoms with Crippen LogP contribution in [0, 0.1) is 0 Å². The van der Waals surface area contributed by atoms with Crippen molar-refractivity contribution in [3.8, 4) is 0 Å². The van der Waals surface area contributed by atoms with Crippen molar-refractivity contribution in [2.24, 2.45) is 0 Å². The van der Waals surface area contributed by atoms with Gasteiger partial charge in [-0.05, 0) is 26.4 Å². The average molecular weight is 145 g/mol. The van der Waals surface area contributed by atoms with Crippen molar-refractivity contribution in [3.63, 3.8) is 0 Å². The summed E-state index contributed by atoms with van der Waals surface area (Å²) >= 11 is 0. The minimum Gasteiger partial charge on any atom is -0.393 e. The molecule has 0 radical (unpaired) electrons. The molecule has 10 heavy (non-hydrogen) atoms. The number of aliphatic hydroxyl groups is 1. The molecule has 2 nitrogen and oxygen atoms in total. The van der Waals surface area contributed by atoms with Gasteiger partial charge in [0.25, 0.3) is 0 Å². The molecule has 0 aliphatic carbocycles. The number of hydrogen-bond acceptors (Lipinski definition) is 2. The predicted octanol–water partition coefficient (Wildman–Crippen LogP) is 1.15. The lowest BCUT2D eigenvalue weighted by molar-refractivity contribution is 0.152. The van der Waals surface area contributed by atoms with Crippen molar-refractivity contribution in [3.05, 3.63) is 0 Å². The Kier molecular flexibility index (Phi) is 6.98. The van der Waals surface area contributed by atoms with E-state index in [4.69, 9.17) is 0 Å². The van der Waals surface area contributed by atoms with Crippen molar-refractivity contribution in [1.29, 1.82) is 0 Å². The second-order valence-corrected chi connectivity index (χ2v) is 2.69. The van der Waals surface area contributed by atoms with Crippen LogP contribution in [-0.2, 0) is 0 Å². The zero-order chi connectivity index (χ0) is 7.82. The van der Waals surface area contributed by atoms with Gasteiger partial charge in [-0.25, -0.2) is 0 Å². The van der Waals surface area contributed by atoms with E-state index in [1.807, 2.05) is 7.05 Å². The lowest BCUT2D eigenvalue weighted by atomic mass is 10.1. The summed E-state index contributed by atoms with van der Waals surface area (Å²) in [6, 6.07) is 0. The van der Waals surface area contributed by atoms with Crippen LogP contribution in [0.1, 0.15) is 32.6 Å². The van der Waals surface area contributed by atoms with Gasteiger partial charge in [-0.2, -0.15) is 0 Å². The molecule has 0 rings (SSSR count). The van der Waals surface area contributed by atoms with Gasteiger partial charge in [0.2, 0.25) is 0 Å². The first-order valence-electron chi connectivity index (χ1n) is 4.14. The highest BCUT2D eigenvalue weighted by atomic mass is 16.3. The van der Waals surface area contributed by atoms with Gasteiger partial charge in [0.05, 0.1) is 6.10 Å². The normalized spacial score (nSPS) is 13.5. The van der Waals surface area contributed by atoms with E-state index in [9.17, 15) is 5.11 Å². The van der Waals surface area contributed by atoms with Crippen molar-refractivity contribution in [2.75, 3.05) is 13.6 Å². The molecule has 62 valence electrons. The summed E-state index contributed by atoms with van der Waals surface area (Å²) in [6.45, 7) is 3.07. The van der Waals surface area contributed by atoms with Crippen LogP contribution in [0.3, 0.4) is 0 Å². The molecule has 0 aromatic heterocycles. The molecule has 0 aromatic carbocycles. The fourth-order valence-electron chi connectivity index (χ4n) is 0.895. The van der Waals surface area contributed by atoms with E-state index in [0.717, 1.165) is 25.8 Å². The van der Waals surface area contributed by atoms with E-state index in [1.54, 1.807) is 0 Å². The molecule has 0 bridgehead atoms. The summed E-state index contributed by atoms with van der Waals surface area (Å²) in [5.41, 5.74) is 0. The Morgan fingerprint density at radius 2 is 2.10 bits per heavy atom. The Balaban J connectivity index is 3.00. The van der Waals surface area contributed by atoms with Crippen LogP contribution in [0.2, 0.25) is 0 Å².